The second kappa shape index (κ2) is 8.45. The second-order valence-electron chi connectivity index (χ2n) is 9.40. The molecular formula is C25H31BrN2O2. The van der Waals surface area contributed by atoms with Gasteiger partial charge in [-0.3, -0.25) is 9.69 Å². The van der Waals surface area contributed by atoms with E-state index in [9.17, 15) is 9.90 Å². The third-order valence-electron chi connectivity index (χ3n) is 7.63. The molecule has 0 spiro atoms. The monoisotopic (exact) mass is 470 g/mol. The van der Waals surface area contributed by atoms with Gasteiger partial charge in [-0.2, -0.15) is 0 Å². The number of rotatable bonds is 5. The summed E-state index contributed by atoms with van der Waals surface area (Å²) >= 11 is 3.49. The van der Waals surface area contributed by atoms with E-state index in [4.69, 9.17) is 5.73 Å². The summed E-state index contributed by atoms with van der Waals surface area (Å²) in [6.45, 7) is 6.25. The maximum Gasteiger partial charge on any atom is 0.248 e. The predicted molar refractivity (Wildman–Crippen MR) is 123 cm³/mol. The van der Waals surface area contributed by atoms with Crippen molar-refractivity contribution in [2.75, 3.05) is 13.1 Å². The maximum atomic E-state index is 11.6. The molecular weight excluding hydrogens is 440 g/mol. The molecule has 160 valence electrons. The number of carbonyl (C=O) groups is 1. The Labute approximate surface area is 187 Å². The lowest BCUT2D eigenvalue weighted by Crippen LogP contribution is -2.54. The van der Waals surface area contributed by atoms with Gasteiger partial charge in [-0.1, -0.05) is 54.0 Å². The highest BCUT2D eigenvalue weighted by molar-refractivity contribution is 9.10. The third kappa shape index (κ3) is 4.08. The lowest BCUT2D eigenvalue weighted by Gasteiger charge is -2.50. The van der Waals surface area contributed by atoms with E-state index in [0.29, 0.717) is 23.3 Å². The second-order valence-corrected chi connectivity index (χ2v) is 10.3. The van der Waals surface area contributed by atoms with Gasteiger partial charge in [0, 0.05) is 23.1 Å². The molecule has 2 aromatic carbocycles. The Morgan fingerprint density at radius 3 is 2.57 bits per heavy atom. The Morgan fingerprint density at radius 2 is 1.93 bits per heavy atom. The number of likely N-dealkylation sites (tertiary alicyclic amines) is 1. The number of hydrogen-bond acceptors (Lipinski definition) is 3. The molecule has 1 amide bonds. The van der Waals surface area contributed by atoms with Crippen LogP contribution < -0.4 is 5.73 Å². The average Bonchev–Trinajstić information content (AvgIpc) is 2.70. The van der Waals surface area contributed by atoms with Gasteiger partial charge in [0.15, 0.2) is 0 Å². The molecule has 2 aromatic rings. The van der Waals surface area contributed by atoms with Crippen LogP contribution in [0, 0.1) is 11.8 Å². The number of nitrogens with zero attached hydrogens (tertiary/aromatic N) is 1. The first-order valence-corrected chi connectivity index (χ1v) is 11.6. The Morgan fingerprint density at radius 1 is 1.23 bits per heavy atom. The summed E-state index contributed by atoms with van der Waals surface area (Å²) in [7, 11) is 0. The van der Waals surface area contributed by atoms with Crippen LogP contribution in [0.2, 0.25) is 0 Å². The highest BCUT2D eigenvalue weighted by atomic mass is 79.9. The molecule has 0 radical (unpaired) electrons. The minimum absolute atomic E-state index is 0.0265. The molecule has 2 fully saturated rings. The average molecular weight is 471 g/mol. The zero-order valence-corrected chi connectivity index (χ0v) is 19.3. The molecule has 4 rings (SSSR count). The molecule has 0 aromatic heterocycles. The zero-order chi connectivity index (χ0) is 21.5. The molecule has 4 nitrogen and oxygen atoms in total. The molecule has 0 bridgehead atoms. The van der Waals surface area contributed by atoms with Crippen LogP contribution in [0.5, 0.6) is 0 Å². The highest BCUT2D eigenvalue weighted by Crippen LogP contribution is 2.46. The summed E-state index contributed by atoms with van der Waals surface area (Å²) in [6.07, 6.45) is 2.67. The van der Waals surface area contributed by atoms with Crippen LogP contribution in [0.1, 0.15) is 60.5 Å². The van der Waals surface area contributed by atoms with Crippen LogP contribution in [0.25, 0.3) is 0 Å². The van der Waals surface area contributed by atoms with Crippen LogP contribution >= 0.6 is 15.9 Å². The maximum absolute atomic E-state index is 11.6. The molecule has 3 N–H and O–H groups in total. The summed E-state index contributed by atoms with van der Waals surface area (Å²) < 4.78 is 1.11. The number of aliphatic hydroxyl groups excluding tert-OH is 1. The van der Waals surface area contributed by atoms with Gasteiger partial charge < -0.3 is 10.8 Å². The first-order valence-electron chi connectivity index (χ1n) is 10.9. The number of primary amides is 1. The van der Waals surface area contributed by atoms with Gasteiger partial charge in [0.1, 0.15) is 6.23 Å². The standard InChI is InChI=1S/C25H31BrN2O2/c1-16-15-28(11-10-25(16,2)21-5-3-4-18(14-21)23(27)29)24(30)20-12-19(13-20)17-6-8-22(26)9-7-17/h3-9,14,16,19-20,24,30H,10-13,15H2,1-2H3,(H2,27,29). The van der Waals surface area contributed by atoms with Crippen LogP contribution in [0.3, 0.4) is 0 Å². The number of piperidine rings is 1. The van der Waals surface area contributed by atoms with Crippen molar-refractivity contribution in [1.82, 2.24) is 4.90 Å². The van der Waals surface area contributed by atoms with Crippen LogP contribution in [-0.4, -0.2) is 35.2 Å². The quantitative estimate of drug-likeness (QED) is 0.667. The number of hydrogen-bond donors (Lipinski definition) is 2. The molecule has 5 heteroatoms. The molecule has 30 heavy (non-hydrogen) atoms. The van der Waals surface area contributed by atoms with Gasteiger partial charge in [0.25, 0.3) is 0 Å². The SMILES string of the molecule is CC1CN(C(O)C2CC(c3ccc(Br)cc3)C2)CCC1(C)c1cccc(C(N)=O)c1. The number of halogens is 1. The Hall–Kier alpha value is -1.69. The van der Waals surface area contributed by atoms with E-state index in [2.05, 4.69) is 65.0 Å². The van der Waals surface area contributed by atoms with Crippen LogP contribution in [0.15, 0.2) is 53.0 Å². The summed E-state index contributed by atoms with van der Waals surface area (Å²) in [5, 5.41) is 11.0. The van der Waals surface area contributed by atoms with Gasteiger partial charge in [-0.15, -0.1) is 0 Å². The highest BCUT2D eigenvalue weighted by Gasteiger charge is 2.43. The van der Waals surface area contributed by atoms with Crippen molar-refractivity contribution >= 4 is 21.8 Å². The molecule has 3 atom stereocenters. The van der Waals surface area contributed by atoms with E-state index in [1.54, 1.807) is 6.07 Å². The van der Waals surface area contributed by atoms with Gasteiger partial charge in [-0.05, 0) is 77.8 Å². The van der Waals surface area contributed by atoms with Crippen LogP contribution in [-0.2, 0) is 5.41 Å². The topological polar surface area (TPSA) is 66.6 Å². The van der Waals surface area contributed by atoms with E-state index < -0.39 is 0 Å². The number of benzene rings is 2. The number of nitrogens with two attached hydrogens (primary N) is 1. The molecule has 1 aliphatic carbocycles. The number of aliphatic hydroxyl groups is 1. The summed E-state index contributed by atoms with van der Waals surface area (Å²) in [6, 6.07) is 16.3. The van der Waals surface area contributed by atoms with E-state index in [1.165, 1.54) is 11.1 Å². The largest absolute Gasteiger partial charge is 0.378 e. The van der Waals surface area contributed by atoms with Crippen molar-refractivity contribution in [2.45, 2.75) is 50.7 Å². The van der Waals surface area contributed by atoms with Gasteiger partial charge in [-0.25, -0.2) is 0 Å². The van der Waals surface area contributed by atoms with Crippen molar-refractivity contribution in [3.05, 3.63) is 69.7 Å². The summed E-state index contributed by atoms with van der Waals surface area (Å²) in [4.78, 5) is 13.9. The molecule has 1 heterocycles. The predicted octanol–water partition coefficient (Wildman–Crippen LogP) is 4.66. The molecule has 1 saturated carbocycles. The number of carbonyl (C=O) groups excluding carboxylic acids is 1. The van der Waals surface area contributed by atoms with Crippen molar-refractivity contribution in [1.29, 1.82) is 0 Å². The normalized spacial score (nSPS) is 30.5. The smallest absolute Gasteiger partial charge is 0.248 e. The Kier molecular flexibility index (Phi) is 6.06. The zero-order valence-electron chi connectivity index (χ0n) is 17.7. The molecule has 3 unspecified atom stereocenters. The molecule has 2 aliphatic rings. The Balaban J connectivity index is 1.38. The fourth-order valence-electron chi connectivity index (χ4n) is 5.17. The van der Waals surface area contributed by atoms with E-state index in [1.807, 2.05) is 12.1 Å². The van der Waals surface area contributed by atoms with Gasteiger partial charge in [0.05, 0.1) is 0 Å². The third-order valence-corrected chi connectivity index (χ3v) is 8.16. The van der Waals surface area contributed by atoms with Crippen molar-refractivity contribution in [2.24, 2.45) is 17.6 Å². The first-order chi connectivity index (χ1) is 14.3. The van der Waals surface area contributed by atoms with Crippen LogP contribution in [0.4, 0.5) is 0 Å². The minimum atomic E-state index is -0.383. The van der Waals surface area contributed by atoms with E-state index in [0.717, 1.165) is 36.8 Å². The lowest BCUT2D eigenvalue weighted by atomic mass is 9.66. The molecule has 1 saturated heterocycles. The number of amides is 1. The first kappa shape index (κ1) is 21.5. The fraction of sp³-hybridized carbons (Fsp3) is 0.480. The fourth-order valence-corrected chi connectivity index (χ4v) is 5.44. The summed E-state index contributed by atoms with van der Waals surface area (Å²) in [5.74, 6) is 0.882. The van der Waals surface area contributed by atoms with Gasteiger partial charge in [0.2, 0.25) is 5.91 Å². The summed E-state index contributed by atoms with van der Waals surface area (Å²) in [5.41, 5.74) is 8.56. The minimum Gasteiger partial charge on any atom is -0.378 e. The van der Waals surface area contributed by atoms with Gasteiger partial charge >= 0.3 is 0 Å². The van der Waals surface area contributed by atoms with Crippen molar-refractivity contribution in [3.63, 3.8) is 0 Å². The lowest BCUT2D eigenvalue weighted by molar-refractivity contribution is -0.0945. The van der Waals surface area contributed by atoms with Crippen molar-refractivity contribution < 1.29 is 9.90 Å². The van der Waals surface area contributed by atoms with E-state index in [-0.39, 0.29) is 17.6 Å². The van der Waals surface area contributed by atoms with Crippen molar-refractivity contribution in [3.8, 4) is 0 Å². The Bertz CT molecular complexity index is 910. The van der Waals surface area contributed by atoms with E-state index >= 15 is 0 Å². The molecule has 1 aliphatic heterocycles.